The zero-order valence-corrected chi connectivity index (χ0v) is 11.6. The third-order valence-electron chi connectivity index (χ3n) is 3.16. The van der Waals surface area contributed by atoms with E-state index in [4.69, 9.17) is 0 Å². The van der Waals surface area contributed by atoms with Crippen molar-refractivity contribution >= 4 is 17.2 Å². The van der Waals surface area contributed by atoms with E-state index < -0.39 is 0 Å². The van der Waals surface area contributed by atoms with Crippen molar-refractivity contribution < 1.29 is 9.50 Å². The lowest BCUT2D eigenvalue weighted by Crippen LogP contribution is -1.85. The molecule has 2 heterocycles. The number of halogens is 1. The third-order valence-corrected chi connectivity index (χ3v) is 3.16. The van der Waals surface area contributed by atoms with E-state index >= 15 is 0 Å². The molecule has 0 aliphatic heterocycles. The van der Waals surface area contributed by atoms with Gasteiger partial charge in [-0.2, -0.15) is 0 Å². The number of aryl methyl sites for hydroxylation is 2. The van der Waals surface area contributed by atoms with E-state index in [2.05, 4.69) is 15.2 Å². The molecule has 0 spiro atoms. The Labute approximate surface area is 120 Å². The van der Waals surface area contributed by atoms with Crippen LogP contribution in [-0.4, -0.2) is 14.5 Å². The standard InChI is InChI=1S/C15H13FN4O/c1-9-7-12(21)4-5-13(9)18-19-15-10(2)17-14-6-3-11(16)8-20(14)15/h3-8,21H,1-2H3. The van der Waals surface area contributed by atoms with Gasteiger partial charge in [-0.05, 0) is 49.7 Å². The van der Waals surface area contributed by atoms with Crippen LogP contribution in [0.15, 0.2) is 46.8 Å². The van der Waals surface area contributed by atoms with Crippen molar-refractivity contribution in [2.24, 2.45) is 10.2 Å². The molecule has 0 amide bonds. The number of imidazole rings is 1. The smallest absolute Gasteiger partial charge is 0.182 e. The van der Waals surface area contributed by atoms with Crippen LogP contribution in [-0.2, 0) is 0 Å². The second-order valence-corrected chi connectivity index (χ2v) is 4.77. The number of phenols is 1. The van der Waals surface area contributed by atoms with E-state index in [0.717, 1.165) is 5.56 Å². The lowest BCUT2D eigenvalue weighted by Gasteiger charge is -2.00. The first kappa shape index (κ1) is 13.2. The highest BCUT2D eigenvalue weighted by molar-refractivity contribution is 5.53. The van der Waals surface area contributed by atoms with Crippen molar-refractivity contribution in [2.75, 3.05) is 0 Å². The summed E-state index contributed by atoms with van der Waals surface area (Å²) >= 11 is 0. The minimum absolute atomic E-state index is 0.180. The summed E-state index contributed by atoms with van der Waals surface area (Å²) in [4.78, 5) is 4.31. The Hall–Kier alpha value is -2.76. The summed E-state index contributed by atoms with van der Waals surface area (Å²) in [6.45, 7) is 3.62. The molecule has 6 heteroatoms. The van der Waals surface area contributed by atoms with Gasteiger partial charge in [0, 0.05) is 6.20 Å². The molecule has 0 unspecified atom stereocenters. The first-order valence-electron chi connectivity index (χ1n) is 6.40. The molecule has 1 N–H and O–H groups in total. The van der Waals surface area contributed by atoms with Crippen molar-refractivity contribution in [2.45, 2.75) is 13.8 Å². The monoisotopic (exact) mass is 284 g/mol. The SMILES string of the molecule is Cc1cc(O)ccc1N=Nc1c(C)nc2ccc(F)cn12. The lowest BCUT2D eigenvalue weighted by atomic mass is 10.2. The van der Waals surface area contributed by atoms with E-state index in [0.29, 0.717) is 22.8 Å². The summed E-state index contributed by atoms with van der Waals surface area (Å²) in [7, 11) is 0. The van der Waals surface area contributed by atoms with E-state index in [1.165, 1.54) is 12.3 Å². The Bertz CT molecular complexity index is 854. The van der Waals surface area contributed by atoms with Crippen LogP contribution in [0.25, 0.3) is 5.65 Å². The maximum absolute atomic E-state index is 13.3. The molecule has 0 aliphatic carbocycles. The molecule has 21 heavy (non-hydrogen) atoms. The molecule has 0 bridgehead atoms. The fourth-order valence-corrected chi connectivity index (χ4v) is 2.10. The first-order chi connectivity index (χ1) is 10.0. The number of hydrogen-bond acceptors (Lipinski definition) is 4. The number of pyridine rings is 1. The molecule has 0 atom stereocenters. The average Bonchev–Trinajstić information content (AvgIpc) is 2.73. The molecule has 1 aromatic carbocycles. The first-order valence-corrected chi connectivity index (χ1v) is 6.40. The summed E-state index contributed by atoms with van der Waals surface area (Å²) in [6, 6.07) is 7.77. The van der Waals surface area contributed by atoms with Crippen LogP contribution in [0, 0.1) is 19.7 Å². The molecule has 5 nitrogen and oxygen atoms in total. The Morgan fingerprint density at radius 2 is 1.95 bits per heavy atom. The van der Waals surface area contributed by atoms with Gasteiger partial charge in [0.1, 0.15) is 17.2 Å². The molecule has 2 aromatic heterocycles. The van der Waals surface area contributed by atoms with E-state index in [1.807, 2.05) is 6.92 Å². The van der Waals surface area contributed by atoms with Gasteiger partial charge in [0.15, 0.2) is 5.82 Å². The molecular weight excluding hydrogens is 271 g/mol. The van der Waals surface area contributed by atoms with E-state index in [1.54, 1.807) is 35.6 Å². The molecule has 0 aliphatic rings. The Morgan fingerprint density at radius 1 is 1.14 bits per heavy atom. The summed E-state index contributed by atoms with van der Waals surface area (Å²) in [6.07, 6.45) is 1.33. The number of azo groups is 1. The minimum atomic E-state index is -0.364. The highest BCUT2D eigenvalue weighted by Crippen LogP contribution is 2.27. The molecule has 3 aromatic rings. The third kappa shape index (κ3) is 2.47. The van der Waals surface area contributed by atoms with Gasteiger partial charge >= 0.3 is 0 Å². The molecule has 0 radical (unpaired) electrons. The second kappa shape index (κ2) is 4.97. The quantitative estimate of drug-likeness (QED) is 0.716. The van der Waals surface area contributed by atoms with E-state index in [-0.39, 0.29) is 11.6 Å². The van der Waals surface area contributed by atoms with Crippen molar-refractivity contribution in [3.05, 3.63) is 53.6 Å². The van der Waals surface area contributed by atoms with Gasteiger partial charge < -0.3 is 5.11 Å². The van der Waals surface area contributed by atoms with Crippen molar-refractivity contribution in [3.63, 3.8) is 0 Å². The Morgan fingerprint density at radius 3 is 2.71 bits per heavy atom. The number of nitrogens with zero attached hydrogens (tertiary/aromatic N) is 4. The van der Waals surface area contributed by atoms with Gasteiger partial charge in [-0.15, -0.1) is 10.2 Å². The zero-order valence-electron chi connectivity index (χ0n) is 11.6. The Kier molecular flexibility index (Phi) is 3.13. The predicted molar refractivity (Wildman–Crippen MR) is 76.9 cm³/mol. The molecule has 0 saturated heterocycles. The highest BCUT2D eigenvalue weighted by Gasteiger charge is 2.09. The van der Waals surface area contributed by atoms with Crippen LogP contribution >= 0.6 is 0 Å². The normalized spacial score (nSPS) is 11.6. The van der Waals surface area contributed by atoms with Crippen molar-refractivity contribution in [3.8, 4) is 5.75 Å². The van der Waals surface area contributed by atoms with Crippen LogP contribution in [0.4, 0.5) is 15.9 Å². The summed E-state index contributed by atoms with van der Waals surface area (Å²) in [5.74, 6) is 0.300. The van der Waals surface area contributed by atoms with Gasteiger partial charge in [0.2, 0.25) is 0 Å². The number of rotatable bonds is 2. The zero-order chi connectivity index (χ0) is 15.0. The number of phenolic OH excluding ortho intramolecular Hbond substituents is 1. The highest BCUT2D eigenvalue weighted by atomic mass is 19.1. The fraction of sp³-hybridized carbons (Fsp3) is 0.133. The number of aromatic nitrogens is 2. The molecule has 0 fully saturated rings. The Balaban J connectivity index is 2.06. The predicted octanol–water partition coefficient (Wildman–Crippen LogP) is 4.21. The minimum Gasteiger partial charge on any atom is -0.508 e. The summed E-state index contributed by atoms with van der Waals surface area (Å²) in [5.41, 5.74) is 2.72. The van der Waals surface area contributed by atoms with Crippen LogP contribution < -0.4 is 0 Å². The topological polar surface area (TPSA) is 62.2 Å². The number of aromatic hydroxyl groups is 1. The molecule has 106 valence electrons. The largest absolute Gasteiger partial charge is 0.508 e. The number of benzene rings is 1. The van der Waals surface area contributed by atoms with Gasteiger partial charge in [-0.1, -0.05) is 0 Å². The molecule has 0 saturated carbocycles. The number of hydrogen-bond donors (Lipinski definition) is 1. The fourth-order valence-electron chi connectivity index (χ4n) is 2.10. The van der Waals surface area contributed by atoms with Gasteiger partial charge in [0.25, 0.3) is 0 Å². The van der Waals surface area contributed by atoms with Crippen molar-refractivity contribution in [1.29, 1.82) is 0 Å². The summed E-state index contributed by atoms with van der Waals surface area (Å²) in [5, 5.41) is 17.7. The van der Waals surface area contributed by atoms with E-state index in [9.17, 15) is 9.50 Å². The van der Waals surface area contributed by atoms with Gasteiger partial charge in [-0.3, -0.25) is 4.40 Å². The maximum Gasteiger partial charge on any atom is 0.182 e. The number of fused-ring (bicyclic) bond motifs is 1. The van der Waals surface area contributed by atoms with Gasteiger partial charge in [-0.25, -0.2) is 9.37 Å². The second-order valence-electron chi connectivity index (χ2n) is 4.77. The van der Waals surface area contributed by atoms with Crippen LogP contribution in [0.3, 0.4) is 0 Å². The van der Waals surface area contributed by atoms with Crippen LogP contribution in [0.2, 0.25) is 0 Å². The lowest BCUT2D eigenvalue weighted by molar-refractivity contribution is 0.475. The van der Waals surface area contributed by atoms with Crippen LogP contribution in [0.5, 0.6) is 5.75 Å². The van der Waals surface area contributed by atoms with Crippen molar-refractivity contribution in [1.82, 2.24) is 9.38 Å². The maximum atomic E-state index is 13.3. The molecular formula is C15H13FN4O. The van der Waals surface area contributed by atoms with Crippen LogP contribution in [0.1, 0.15) is 11.3 Å². The summed E-state index contributed by atoms with van der Waals surface area (Å²) < 4.78 is 14.9. The van der Waals surface area contributed by atoms with Gasteiger partial charge in [0.05, 0.1) is 11.4 Å². The molecule has 3 rings (SSSR count). The average molecular weight is 284 g/mol.